The highest BCUT2D eigenvalue weighted by Gasteiger charge is 2.25. The van der Waals surface area contributed by atoms with E-state index in [4.69, 9.17) is 11.6 Å². The number of aliphatic hydroxyl groups excluding tert-OH is 1. The van der Waals surface area contributed by atoms with Crippen molar-refractivity contribution in [3.05, 3.63) is 34.6 Å². The van der Waals surface area contributed by atoms with Gasteiger partial charge in [0.25, 0.3) is 0 Å². The van der Waals surface area contributed by atoms with Crippen molar-refractivity contribution in [1.29, 1.82) is 0 Å². The molecule has 1 atom stereocenters. The third-order valence-corrected chi connectivity index (χ3v) is 4.08. The first-order chi connectivity index (χ1) is 8.08. The summed E-state index contributed by atoms with van der Waals surface area (Å²) >= 11 is 5.73. The highest BCUT2D eigenvalue weighted by Crippen LogP contribution is 2.37. The van der Waals surface area contributed by atoms with Crippen LogP contribution in [0, 0.1) is 17.7 Å². The summed E-state index contributed by atoms with van der Waals surface area (Å²) in [6.45, 7) is 2.25. The van der Waals surface area contributed by atoms with Crippen molar-refractivity contribution in [3.63, 3.8) is 0 Å². The fourth-order valence-electron chi connectivity index (χ4n) is 2.57. The Morgan fingerprint density at radius 2 is 1.94 bits per heavy atom. The van der Waals surface area contributed by atoms with E-state index in [1.807, 2.05) is 0 Å². The molecule has 3 heteroatoms. The Labute approximate surface area is 107 Å². The van der Waals surface area contributed by atoms with Gasteiger partial charge in [0, 0.05) is 0 Å². The minimum absolute atomic E-state index is 0.0886. The second kappa shape index (κ2) is 5.36. The third-order valence-electron chi connectivity index (χ3n) is 3.79. The van der Waals surface area contributed by atoms with E-state index in [0.29, 0.717) is 0 Å². The van der Waals surface area contributed by atoms with Gasteiger partial charge < -0.3 is 5.11 Å². The summed E-state index contributed by atoms with van der Waals surface area (Å²) in [5.41, 5.74) is 0.732. The maximum atomic E-state index is 13.0. The molecule has 1 nitrogen and oxygen atoms in total. The van der Waals surface area contributed by atoms with Crippen LogP contribution >= 0.6 is 11.6 Å². The van der Waals surface area contributed by atoms with Crippen molar-refractivity contribution < 1.29 is 9.50 Å². The molecule has 0 saturated heterocycles. The van der Waals surface area contributed by atoms with Crippen molar-refractivity contribution in [2.75, 3.05) is 0 Å². The summed E-state index contributed by atoms with van der Waals surface area (Å²) in [7, 11) is 0. The van der Waals surface area contributed by atoms with Crippen LogP contribution in [0.1, 0.15) is 44.3 Å². The normalized spacial score (nSPS) is 26.8. The molecule has 1 aromatic rings. The van der Waals surface area contributed by atoms with E-state index in [1.165, 1.54) is 6.07 Å². The minimum Gasteiger partial charge on any atom is -0.388 e. The number of aliphatic hydroxyl groups is 1. The molecule has 1 aromatic carbocycles. The SMILES string of the molecule is CC1CCC(C(O)c2ccc(F)c(Cl)c2)CC1. The average Bonchev–Trinajstić information content (AvgIpc) is 2.33. The Morgan fingerprint density at radius 1 is 1.29 bits per heavy atom. The molecule has 1 aliphatic rings. The van der Waals surface area contributed by atoms with Gasteiger partial charge in [-0.25, -0.2) is 4.39 Å². The quantitative estimate of drug-likeness (QED) is 0.835. The van der Waals surface area contributed by atoms with Crippen molar-refractivity contribution >= 4 is 11.6 Å². The van der Waals surface area contributed by atoms with Crippen molar-refractivity contribution in [2.45, 2.75) is 38.7 Å². The second-order valence-electron chi connectivity index (χ2n) is 5.14. The average molecular weight is 257 g/mol. The monoisotopic (exact) mass is 256 g/mol. The fourth-order valence-corrected chi connectivity index (χ4v) is 2.76. The van der Waals surface area contributed by atoms with Gasteiger partial charge in [0.15, 0.2) is 0 Å². The van der Waals surface area contributed by atoms with Crippen LogP contribution < -0.4 is 0 Å². The molecule has 0 bridgehead atoms. The summed E-state index contributed by atoms with van der Waals surface area (Å²) in [5.74, 6) is 0.614. The van der Waals surface area contributed by atoms with Gasteiger partial charge in [-0.05, 0) is 42.4 Å². The van der Waals surface area contributed by atoms with Crippen LogP contribution in [-0.4, -0.2) is 5.11 Å². The van der Waals surface area contributed by atoms with Crippen LogP contribution in [0.25, 0.3) is 0 Å². The Bertz CT molecular complexity index is 386. The molecule has 0 heterocycles. The zero-order valence-electron chi connectivity index (χ0n) is 10.00. The fraction of sp³-hybridized carbons (Fsp3) is 0.571. The first-order valence-electron chi connectivity index (χ1n) is 6.21. The lowest BCUT2D eigenvalue weighted by atomic mass is 9.78. The molecule has 0 amide bonds. The zero-order valence-corrected chi connectivity index (χ0v) is 10.8. The molecule has 0 spiro atoms. The van der Waals surface area contributed by atoms with E-state index in [2.05, 4.69) is 6.92 Å². The summed E-state index contributed by atoms with van der Waals surface area (Å²) < 4.78 is 13.0. The predicted octanol–water partition coefficient (Wildman–Crippen LogP) is 4.34. The van der Waals surface area contributed by atoms with E-state index in [9.17, 15) is 9.50 Å². The lowest BCUT2D eigenvalue weighted by Gasteiger charge is -2.30. The molecule has 0 aromatic heterocycles. The van der Waals surface area contributed by atoms with E-state index in [0.717, 1.165) is 37.2 Å². The highest BCUT2D eigenvalue weighted by molar-refractivity contribution is 6.30. The van der Waals surface area contributed by atoms with Gasteiger partial charge in [0.2, 0.25) is 0 Å². The largest absolute Gasteiger partial charge is 0.388 e. The van der Waals surface area contributed by atoms with Crippen LogP contribution in [-0.2, 0) is 0 Å². The summed E-state index contributed by atoms with van der Waals surface area (Å²) in [6, 6.07) is 4.50. The standard InChI is InChI=1S/C14H18ClFO/c1-9-2-4-10(5-3-9)14(17)11-6-7-13(16)12(15)8-11/h6-10,14,17H,2-5H2,1H3. The van der Waals surface area contributed by atoms with E-state index < -0.39 is 11.9 Å². The maximum Gasteiger partial charge on any atom is 0.141 e. The summed E-state index contributed by atoms with van der Waals surface area (Å²) in [5, 5.41) is 10.4. The first-order valence-corrected chi connectivity index (χ1v) is 6.58. The highest BCUT2D eigenvalue weighted by atomic mass is 35.5. The first kappa shape index (κ1) is 12.8. The van der Waals surface area contributed by atoms with Crippen LogP contribution in [0.2, 0.25) is 5.02 Å². The van der Waals surface area contributed by atoms with Gasteiger partial charge in [-0.1, -0.05) is 37.4 Å². The van der Waals surface area contributed by atoms with Crippen LogP contribution in [0.15, 0.2) is 18.2 Å². The lowest BCUT2D eigenvalue weighted by Crippen LogP contribution is -2.19. The molecule has 94 valence electrons. The molecule has 0 radical (unpaired) electrons. The van der Waals surface area contributed by atoms with Crippen LogP contribution in [0.3, 0.4) is 0 Å². The van der Waals surface area contributed by atoms with Gasteiger partial charge in [-0.2, -0.15) is 0 Å². The smallest absolute Gasteiger partial charge is 0.141 e. The molecule has 2 rings (SSSR count). The molecule has 1 aliphatic carbocycles. The van der Waals surface area contributed by atoms with Gasteiger partial charge in [0.05, 0.1) is 11.1 Å². The maximum absolute atomic E-state index is 13.0. The zero-order chi connectivity index (χ0) is 12.4. The van der Waals surface area contributed by atoms with Crippen molar-refractivity contribution in [2.24, 2.45) is 11.8 Å². The molecule has 1 unspecified atom stereocenters. The van der Waals surface area contributed by atoms with E-state index in [1.54, 1.807) is 12.1 Å². The van der Waals surface area contributed by atoms with Gasteiger partial charge in [-0.3, -0.25) is 0 Å². The molecule has 1 saturated carbocycles. The number of hydrogen-bond acceptors (Lipinski definition) is 1. The summed E-state index contributed by atoms with van der Waals surface area (Å²) in [6.07, 6.45) is 3.89. The number of halogens is 2. The van der Waals surface area contributed by atoms with Gasteiger partial charge >= 0.3 is 0 Å². The Balaban J connectivity index is 2.08. The molecule has 17 heavy (non-hydrogen) atoms. The van der Waals surface area contributed by atoms with Crippen molar-refractivity contribution in [3.8, 4) is 0 Å². The molecule has 1 N–H and O–H groups in total. The number of benzene rings is 1. The molecular weight excluding hydrogens is 239 g/mol. The van der Waals surface area contributed by atoms with Crippen LogP contribution in [0.5, 0.6) is 0 Å². The predicted molar refractivity (Wildman–Crippen MR) is 67.5 cm³/mol. The Morgan fingerprint density at radius 3 is 2.53 bits per heavy atom. The van der Waals surface area contributed by atoms with Gasteiger partial charge in [0.1, 0.15) is 5.82 Å². The second-order valence-corrected chi connectivity index (χ2v) is 5.55. The molecule has 1 fully saturated rings. The lowest BCUT2D eigenvalue weighted by molar-refractivity contribution is 0.0755. The third kappa shape index (κ3) is 2.99. The number of hydrogen-bond donors (Lipinski definition) is 1. The summed E-state index contributed by atoms with van der Waals surface area (Å²) in [4.78, 5) is 0. The molecular formula is C14H18ClFO. The van der Waals surface area contributed by atoms with Gasteiger partial charge in [-0.15, -0.1) is 0 Å². The Kier molecular flexibility index (Phi) is 4.05. The van der Waals surface area contributed by atoms with E-state index >= 15 is 0 Å². The van der Waals surface area contributed by atoms with E-state index in [-0.39, 0.29) is 10.9 Å². The molecule has 0 aliphatic heterocycles. The number of rotatable bonds is 2. The Hall–Kier alpha value is -0.600. The van der Waals surface area contributed by atoms with Crippen molar-refractivity contribution in [1.82, 2.24) is 0 Å². The topological polar surface area (TPSA) is 20.2 Å². The van der Waals surface area contributed by atoms with Crippen LogP contribution in [0.4, 0.5) is 4.39 Å². The minimum atomic E-state index is -0.513.